The molecule has 0 spiro atoms. The molecular weight excluding hydrogens is 288 g/mol. The number of nitrogens with zero attached hydrogens (tertiary/aromatic N) is 2. The molecule has 1 rings (SSSR count). The van der Waals surface area contributed by atoms with E-state index in [4.69, 9.17) is 15.0 Å². The van der Waals surface area contributed by atoms with Gasteiger partial charge in [-0.2, -0.15) is 4.73 Å². The van der Waals surface area contributed by atoms with E-state index in [1.165, 1.54) is 11.1 Å². The van der Waals surface area contributed by atoms with Crippen LogP contribution in [0.3, 0.4) is 0 Å². The molecule has 21 heavy (non-hydrogen) atoms. The second-order valence-corrected chi connectivity index (χ2v) is 9.80. The Bertz CT molecular complexity index is 412. The molecule has 0 fully saturated rings. The molecule has 0 amide bonds. The maximum atomic E-state index is 12.2. The lowest BCUT2D eigenvalue weighted by Gasteiger charge is -2.24. The largest absolute Gasteiger partial charge is 0.419 e. The maximum absolute atomic E-state index is 12.2. The van der Waals surface area contributed by atoms with Gasteiger partial charge in [-0.15, -0.1) is 0 Å². The first kappa shape index (κ1) is 17.8. The lowest BCUT2D eigenvalue weighted by Crippen LogP contribution is -2.50. The number of imidazole rings is 1. The Hall–Kier alpha value is -1.22. The van der Waals surface area contributed by atoms with Gasteiger partial charge >= 0.3 is 5.97 Å². The first-order valence-electron chi connectivity index (χ1n) is 7.17. The number of nitrogens with two attached hydrogens (primary N) is 1. The van der Waals surface area contributed by atoms with Crippen molar-refractivity contribution < 1.29 is 14.1 Å². The molecule has 1 aromatic heterocycles. The van der Waals surface area contributed by atoms with E-state index < -0.39 is 8.32 Å². The van der Waals surface area contributed by atoms with Crippen LogP contribution in [-0.2, 0) is 9.22 Å². The van der Waals surface area contributed by atoms with Crippen LogP contribution in [0, 0.1) is 0 Å². The summed E-state index contributed by atoms with van der Waals surface area (Å²) in [4.78, 5) is 21.3. The third-order valence-corrected chi connectivity index (χ3v) is 5.39. The molecule has 3 N–H and O–H groups in total. The molecule has 0 aliphatic carbocycles. The minimum atomic E-state index is -1.78. The number of carbonyl (C=O) groups is 1. The van der Waals surface area contributed by atoms with E-state index in [1.807, 2.05) is 0 Å². The molecule has 0 aliphatic rings. The van der Waals surface area contributed by atoms with Gasteiger partial charge in [0.15, 0.2) is 8.32 Å². The van der Waals surface area contributed by atoms with Gasteiger partial charge in [0.25, 0.3) is 0 Å². The number of hydrogen-bond acceptors (Lipinski definition) is 6. The fourth-order valence-electron chi connectivity index (χ4n) is 1.71. The van der Waals surface area contributed by atoms with Crippen LogP contribution in [0.4, 0.5) is 0 Å². The van der Waals surface area contributed by atoms with E-state index in [1.54, 1.807) is 19.5 Å². The number of rotatable bonds is 10. The third-order valence-electron chi connectivity index (χ3n) is 3.23. The minimum Gasteiger partial charge on any atom is -0.419 e. The lowest BCUT2D eigenvalue weighted by atomic mass is 10.1. The molecule has 0 aliphatic heterocycles. The SMILES string of the molecule is CO[Si](C)(C)CN[C@@H](CCCCN)C(=O)On1ccnc1. The van der Waals surface area contributed by atoms with Crippen molar-refractivity contribution in [3.05, 3.63) is 18.7 Å². The number of unbranched alkanes of at least 4 members (excludes halogenated alkanes) is 1. The van der Waals surface area contributed by atoms with Crippen molar-refractivity contribution in [3.63, 3.8) is 0 Å². The summed E-state index contributed by atoms with van der Waals surface area (Å²) >= 11 is 0. The molecule has 7 nitrogen and oxygen atoms in total. The predicted octanol–water partition coefficient (Wildman–Crippen LogP) is 0.316. The highest BCUT2D eigenvalue weighted by atomic mass is 28.4. The van der Waals surface area contributed by atoms with E-state index >= 15 is 0 Å². The van der Waals surface area contributed by atoms with Crippen molar-refractivity contribution in [2.75, 3.05) is 19.8 Å². The monoisotopic (exact) mass is 314 g/mol. The predicted molar refractivity (Wildman–Crippen MR) is 83.0 cm³/mol. The highest BCUT2D eigenvalue weighted by molar-refractivity contribution is 6.71. The van der Waals surface area contributed by atoms with Crippen molar-refractivity contribution in [3.8, 4) is 0 Å². The Balaban J connectivity index is 2.55. The van der Waals surface area contributed by atoms with Gasteiger partial charge in [-0.1, -0.05) is 6.42 Å². The standard InChI is InChI=1S/C13H26N4O3Si/c1-19-21(2,3)11-16-12(6-4-5-7-14)13(18)20-17-9-8-15-10-17/h8-10,12,16H,4-7,11,14H2,1-3H3/t12-/m0/s1. The fraction of sp³-hybridized carbons (Fsp3) is 0.692. The van der Waals surface area contributed by atoms with Crippen LogP contribution in [-0.4, -0.2) is 49.9 Å². The van der Waals surface area contributed by atoms with Crippen LogP contribution in [0.15, 0.2) is 18.7 Å². The molecule has 0 aromatic carbocycles. The topological polar surface area (TPSA) is 91.4 Å². The number of hydrogen-bond donors (Lipinski definition) is 2. The summed E-state index contributed by atoms with van der Waals surface area (Å²) < 4.78 is 6.79. The zero-order valence-electron chi connectivity index (χ0n) is 13.0. The van der Waals surface area contributed by atoms with Crippen molar-refractivity contribution in [1.29, 1.82) is 0 Å². The molecular formula is C13H26N4O3Si. The van der Waals surface area contributed by atoms with E-state index in [2.05, 4.69) is 23.4 Å². The second-order valence-electron chi connectivity index (χ2n) is 5.51. The summed E-state index contributed by atoms with van der Waals surface area (Å²) in [6, 6.07) is -0.360. The summed E-state index contributed by atoms with van der Waals surface area (Å²) in [7, 11) is -0.0657. The second kappa shape index (κ2) is 8.93. The van der Waals surface area contributed by atoms with Gasteiger partial charge in [-0.05, 0) is 32.5 Å². The van der Waals surface area contributed by atoms with Crippen LogP contribution < -0.4 is 15.9 Å². The van der Waals surface area contributed by atoms with Crippen LogP contribution >= 0.6 is 0 Å². The van der Waals surface area contributed by atoms with Crippen LogP contribution in [0.5, 0.6) is 0 Å². The molecule has 0 saturated carbocycles. The van der Waals surface area contributed by atoms with Crippen molar-refractivity contribution in [2.45, 2.75) is 38.4 Å². The lowest BCUT2D eigenvalue weighted by molar-refractivity contribution is -0.146. The Morgan fingerprint density at radius 1 is 1.48 bits per heavy atom. The third kappa shape index (κ3) is 6.85. The van der Waals surface area contributed by atoms with Gasteiger partial charge in [0, 0.05) is 19.5 Å². The molecule has 120 valence electrons. The maximum Gasteiger partial charge on any atom is 0.349 e. The zero-order chi connectivity index (χ0) is 15.7. The Labute approximate surface area is 126 Å². The molecule has 0 radical (unpaired) electrons. The number of carbonyl (C=O) groups excluding carboxylic acids is 1. The summed E-state index contributed by atoms with van der Waals surface area (Å²) in [5.74, 6) is -0.314. The normalized spacial score (nSPS) is 13.1. The first-order valence-corrected chi connectivity index (χ1v) is 10.3. The molecule has 0 unspecified atom stereocenters. The molecule has 0 bridgehead atoms. The van der Waals surface area contributed by atoms with Gasteiger partial charge in [0.1, 0.15) is 12.4 Å². The van der Waals surface area contributed by atoms with E-state index in [9.17, 15) is 4.79 Å². The van der Waals surface area contributed by atoms with E-state index in [0.29, 0.717) is 19.1 Å². The van der Waals surface area contributed by atoms with Gasteiger partial charge in [0.2, 0.25) is 0 Å². The first-order chi connectivity index (χ1) is 9.98. The van der Waals surface area contributed by atoms with Crippen LogP contribution in [0.25, 0.3) is 0 Å². The fourth-order valence-corrected chi connectivity index (χ4v) is 2.59. The van der Waals surface area contributed by atoms with Crippen LogP contribution in [0.2, 0.25) is 13.1 Å². The Morgan fingerprint density at radius 3 is 2.81 bits per heavy atom. The molecule has 1 atom stereocenters. The Kier molecular flexibility index (Phi) is 7.58. The quantitative estimate of drug-likeness (QED) is 0.477. The smallest absolute Gasteiger partial charge is 0.349 e. The average molecular weight is 314 g/mol. The van der Waals surface area contributed by atoms with Gasteiger partial charge in [0.05, 0.1) is 6.20 Å². The minimum absolute atomic E-state index is 0.314. The summed E-state index contributed by atoms with van der Waals surface area (Å²) in [6.07, 6.45) is 7.75. The number of nitrogens with one attached hydrogen (secondary N) is 1. The molecule has 1 heterocycles. The van der Waals surface area contributed by atoms with Gasteiger partial charge in [-0.3, -0.25) is 0 Å². The molecule has 0 saturated heterocycles. The van der Waals surface area contributed by atoms with E-state index in [-0.39, 0.29) is 12.0 Å². The number of aromatic nitrogens is 2. The van der Waals surface area contributed by atoms with Crippen molar-refractivity contribution in [2.24, 2.45) is 5.73 Å². The summed E-state index contributed by atoms with van der Waals surface area (Å²) in [5.41, 5.74) is 5.50. The van der Waals surface area contributed by atoms with Gasteiger partial charge < -0.3 is 20.3 Å². The zero-order valence-corrected chi connectivity index (χ0v) is 14.0. The molecule has 1 aromatic rings. The summed E-state index contributed by atoms with van der Waals surface area (Å²) in [5, 5.41) is 3.27. The van der Waals surface area contributed by atoms with E-state index in [0.717, 1.165) is 12.8 Å². The molecule has 8 heteroatoms. The van der Waals surface area contributed by atoms with Crippen LogP contribution in [0.1, 0.15) is 19.3 Å². The van der Waals surface area contributed by atoms with Crippen molar-refractivity contribution >= 4 is 14.3 Å². The van der Waals surface area contributed by atoms with Crippen molar-refractivity contribution in [1.82, 2.24) is 15.0 Å². The average Bonchev–Trinajstić information content (AvgIpc) is 2.95. The van der Waals surface area contributed by atoms with Gasteiger partial charge in [-0.25, -0.2) is 9.78 Å². The highest BCUT2D eigenvalue weighted by Crippen LogP contribution is 2.05. The highest BCUT2D eigenvalue weighted by Gasteiger charge is 2.26. The summed E-state index contributed by atoms with van der Waals surface area (Å²) in [6.45, 7) is 4.82. The Morgan fingerprint density at radius 2 is 2.24 bits per heavy atom.